The summed E-state index contributed by atoms with van der Waals surface area (Å²) in [6, 6.07) is 18.8. The van der Waals surface area contributed by atoms with Crippen LogP contribution in [0, 0.1) is 0 Å². The van der Waals surface area contributed by atoms with Crippen LogP contribution in [-0.4, -0.2) is 21.3 Å². The maximum absolute atomic E-state index is 3.85. The monoisotopic (exact) mass is 292 g/mol. The highest BCUT2D eigenvalue weighted by Crippen LogP contribution is 2.24. The molecule has 1 N–H and O–H groups in total. The second-order valence-corrected chi connectivity index (χ2v) is 6.02. The van der Waals surface area contributed by atoms with Crippen LogP contribution in [-0.2, 0) is 5.41 Å². The maximum Gasteiger partial charge on any atom is 0.123 e. The molecule has 4 heteroatoms. The highest BCUT2D eigenvalue weighted by Gasteiger charge is 2.19. The first-order valence-electron chi connectivity index (χ1n) is 7.40. The number of hydrogen-bond acceptors (Lipinski definition) is 3. The summed E-state index contributed by atoms with van der Waals surface area (Å²) < 4.78 is 1.90. The predicted octanol–water partition coefficient (Wildman–Crippen LogP) is 3.66. The molecule has 22 heavy (non-hydrogen) atoms. The van der Waals surface area contributed by atoms with Crippen molar-refractivity contribution in [3.8, 4) is 5.69 Å². The summed E-state index contributed by atoms with van der Waals surface area (Å²) in [5, 5.41) is 11.2. The zero-order valence-electron chi connectivity index (χ0n) is 12.9. The Morgan fingerprint density at radius 3 is 2.41 bits per heavy atom. The summed E-state index contributed by atoms with van der Waals surface area (Å²) >= 11 is 0. The molecule has 0 radical (unpaired) electrons. The standard InChI is InChI=1S/C18H20N4/c1-18(2,15-7-4-3-5-8-15)12-19-16-9-6-10-17(11-16)22-13-20-21-14-22/h3-11,13-14,19H,12H2,1-2H3. The summed E-state index contributed by atoms with van der Waals surface area (Å²) in [6.07, 6.45) is 3.40. The van der Waals surface area contributed by atoms with E-state index in [2.05, 4.69) is 71.8 Å². The lowest BCUT2D eigenvalue weighted by Gasteiger charge is -2.26. The molecular weight excluding hydrogens is 272 g/mol. The molecule has 2 aromatic carbocycles. The number of rotatable bonds is 5. The van der Waals surface area contributed by atoms with Gasteiger partial charge in [0.25, 0.3) is 0 Å². The Bertz CT molecular complexity index is 718. The average molecular weight is 292 g/mol. The molecule has 0 aliphatic heterocycles. The van der Waals surface area contributed by atoms with Gasteiger partial charge in [-0.3, -0.25) is 4.57 Å². The molecule has 0 unspecified atom stereocenters. The van der Waals surface area contributed by atoms with E-state index in [1.807, 2.05) is 16.7 Å². The van der Waals surface area contributed by atoms with Gasteiger partial charge in [0.2, 0.25) is 0 Å². The molecule has 3 rings (SSSR count). The van der Waals surface area contributed by atoms with Crippen molar-refractivity contribution in [1.29, 1.82) is 0 Å². The second kappa shape index (κ2) is 6.02. The zero-order valence-corrected chi connectivity index (χ0v) is 12.9. The third-order valence-electron chi connectivity index (χ3n) is 3.85. The maximum atomic E-state index is 3.85. The minimum Gasteiger partial charge on any atom is -0.384 e. The van der Waals surface area contributed by atoms with Crippen molar-refractivity contribution in [1.82, 2.24) is 14.8 Å². The Morgan fingerprint density at radius 2 is 1.68 bits per heavy atom. The van der Waals surface area contributed by atoms with Gasteiger partial charge in [-0.05, 0) is 23.8 Å². The molecule has 112 valence electrons. The molecule has 3 aromatic rings. The first-order valence-corrected chi connectivity index (χ1v) is 7.40. The van der Waals surface area contributed by atoms with Gasteiger partial charge in [-0.1, -0.05) is 50.2 Å². The van der Waals surface area contributed by atoms with Crippen LogP contribution in [0.1, 0.15) is 19.4 Å². The van der Waals surface area contributed by atoms with Gasteiger partial charge in [0.15, 0.2) is 0 Å². The van der Waals surface area contributed by atoms with E-state index in [0.717, 1.165) is 17.9 Å². The lowest BCUT2D eigenvalue weighted by Crippen LogP contribution is -2.27. The van der Waals surface area contributed by atoms with Gasteiger partial charge in [0.1, 0.15) is 12.7 Å². The van der Waals surface area contributed by atoms with E-state index in [1.54, 1.807) is 12.7 Å². The van der Waals surface area contributed by atoms with Gasteiger partial charge >= 0.3 is 0 Å². The molecule has 0 saturated heterocycles. The quantitative estimate of drug-likeness (QED) is 0.780. The lowest BCUT2D eigenvalue weighted by atomic mass is 9.84. The van der Waals surface area contributed by atoms with Crippen LogP contribution in [0.25, 0.3) is 5.69 Å². The minimum atomic E-state index is 0.0633. The fourth-order valence-corrected chi connectivity index (χ4v) is 2.42. The van der Waals surface area contributed by atoms with Gasteiger partial charge in [-0.25, -0.2) is 0 Å². The van der Waals surface area contributed by atoms with Crippen LogP contribution < -0.4 is 5.32 Å². The first-order chi connectivity index (χ1) is 10.6. The zero-order chi connectivity index (χ0) is 15.4. The van der Waals surface area contributed by atoms with E-state index >= 15 is 0 Å². The van der Waals surface area contributed by atoms with Crippen molar-refractivity contribution in [2.75, 3.05) is 11.9 Å². The van der Waals surface area contributed by atoms with Gasteiger partial charge in [0, 0.05) is 17.6 Å². The Morgan fingerprint density at radius 1 is 0.955 bits per heavy atom. The number of benzene rings is 2. The van der Waals surface area contributed by atoms with E-state index in [0.29, 0.717) is 0 Å². The summed E-state index contributed by atoms with van der Waals surface area (Å²) in [5.41, 5.74) is 3.54. The van der Waals surface area contributed by atoms with E-state index in [4.69, 9.17) is 0 Å². The molecule has 0 amide bonds. The highest BCUT2D eigenvalue weighted by molar-refractivity contribution is 5.51. The summed E-state index contributed by atoms with van der Waals surface area (Å²) in [5.74, 6) is 0. The number of anilines is 1. The molecular formula is C18H20N4. The average Bonchev–Trinajstić information content (AvgIpc) is 3.09. The molecule has 1 heterocycles. The Labute approximate surface area is 130 Å². The molecule has 0 bridgehead atoms. The first kappa shape index (κ1) is 14.3. The normalized spacial score (nSPS) is 11.4. The largest absolute Gasteiger partial charge is 0.384 e. The second-order valence-electron chi connectivity index (χ2n) is 6.02. The van der Waals surface area contributed by atoms with Crippen molar-refractivity contribution in [2.24, 2.45) is 0 Å². The molecule has 1 aromatic heterocycles. The number of aromatic nitrogens is 3. The summed E-state index contributed by atoms with van der Waals surface area (Å²) in [7, 11) is 0. The third kappa shape index (κ3) is 3.17. The van der Waals surface area contributed by atoms with E-state index in [1.165, 1.54) is 5.56 Å². The van der Waals surface area contributed by atoms with Gasteiger partial charge in [-0.15, -0.1) is 10.2 Å². The Balaban J connectivity index is 1.73. The highest BCUT2D eigenvalue weighted by atomic mass is 15.2. The molecule has 4 nitrogen and oxygen atoms in total. The van der Waals surface area contributed by atoms with Crippen LogP contribution in [0.2, 0.25) is 0 Å². The van der Waals surface area contributed by atoms with Crippen LogP contribution in [0.3, 0.4) is 0 Å². The third-order valence-corrected chi connectivity index (χ3v) is 3.85. The van der Waals surface area contributed by atoms with Crippen molar-refractivity contribution >= 4 is 5.69 Å². The number of nitrogens with one attached hydrogen (secondary N) is 1. The predicted molar refractivity (Wildman–Crippen MR) is 89.3 cm³/mol. The van der Waals surface area contributed by atoms with Crippen molar-refractivity contribution in [3.63, 3.8) is 0 Å². The molecule has 0 spiro atoms. The van der Waals surface area contributed by atoms with Crippen molar-refractivity contribution < 1.29 is 0 Å². The molecule has 0 atom stereocenters. The number of hydrogen-bond donors (Lipinski definition) is 1. The Kier molecular flexibility index (Phi) is 3.92. The van der Waals surface area contributed by atoms with Crippen molar-refractivity contribution in [2.45, 2.75) is 19.3 Å². The fraction of sp³-hybridized carbons (Fsp3) is 0.222. The lowest BCUT2D eigenvalue weighted by molar-refractivity contribution is 0.557. The van der Waals surface area contributed by atoms with Crippen LogP contribution in [0.5, 0.6) is 0 Å². The van der Waals surface area contributed by atoms with Crippen molar-refractivity contribution in [3.05, 3.63) is 72.8 Å². The molecule has 0 saturated carbocycles. The van der Waals surface area contributed by atoms with E-state index in [9.17, 15) is 0 Å². The fourth-order valence-electron chi connectivity index (χ4n) is 2.42. The van der Waals surface area contributed by atoms with Crippen LogP contribution in [0.4, 0.5) is 5.69 Å². The summed E-state index contributed by atoms with van der Waals surface area (Å²) in [6.45, 7) is 5.36. The summed E-state index contributed by atoms with van der Waals surface area (Å²) in [4.78, 5) is 0. The SMILES string of the molecule is CC(C)(CNc1cccc(-n2cnnc2)c1)c1ccccc1. The Hall–Kier alpha value is -2.62. The molecule has 0 fully saturated rings. The minimum absolute atomic E-state index is 0.0633. The van der Waals surface area contributed by atoms with E-state index in [-0.39, 0.29) is 5.41 Å². The number of nitrogens with zero attached hydrogens (tertiary/aromatic N) is 3. The molecule has 0 aliphatic rings. The van der Waals surface area contributed by atoms with Crippen LogP contribution in [0.15, 0.2) is 67.3 Å². The van der Waals surface area contributed by atoms with E-state index < -0.39 is 0 Å². The molecule has 0 aliphatic carbocycles. The van der Waals surface area contributed by atoms with Crippen LogP contribution >= 0.6 is 0 Å². The van der Waals surface area contributed by atoms with Gasteiger partial charge < -0.3 is 5.32 Å². The van der Waals surface area contributed by atoms with Gasteiger partial charge in [-0.2, -0.15) is 0 Å². The topological polar surface area (TPSA) is 42.7 Å². The van der Waals surface area contributed by atoms with Gasteiger partial charge in [0.05, 0.1) is 5.69 Å². The smallest absolute Gasteiger partial charge is 0.123 e.